The average Bonchev–Trinajstić information content (AvgIpc) is 3.60. The highest BCUT2D eigenvalue weighted by atomic mass is 35.5. The highest BCUT2D eigenvalue weighted by Gasteiger charge is 2.46. The summed E-state index contributed by atoms with van der Waals surface area (Å²) in [4.78, 5) is 39.1. The third-order valence-corrected chi connectivity index (χ3v) is 11.2. The lowest BCUT2D eigenvalue weighted by molar-refractivity contribution is -0.0541. The molecule has 3 aromatic rings. The van der Waals surface area contributed by atoms with Crippen molar-refractivity contribution in [2.24, 2.45) is 0 Å². The Labute approximate surface area is 299 Å². The van der Waals surface area contributed by atoms with Crippen LogP contribution in [0.1, 0.15) is 17.6 Å². The fraction of sp³-hybridized carbons (Fsp3) is 0.567. The molecule has 3 heterocycles. The fourth-order valence-corrected chi connectivity index (χ4v) is 7.80. The van der Waals surface area contributed by atoms with Crippen molar-refractivity contribution in [3.63, 3.8) is 0 Å². The van der Waals surface area contributed by atoms with Crippen LogP contribution in [0.3, 0.4) is 0 Å². The summed E-state index contributed by atoms with van der Waals surface area (Å²) in [5.41, 5.74) is 1.08. The zero-order valence-corrected chi connectivity index (χ0v) is 30.3. The van der Waals surface area contributed by atoms with E-state index < -0.39 is 52.2 Å². The Morgan fingerprint density at radius 2 is 1.63 bits per heavy atom. The Hall–Kier alpha value is -2.56. The molecule has 4 rings (SSSR count). The molecule has 1 aliphatic heterocycles. The maximum Gasteiger partial charge on any atom is 0.340 e. The molecule has 0 spiro atoms. The number of anilines is 1. The van der Waals surface area contributed by atoms with Crippen LogP contribution in [0.25, 0.3) is 11.0 Å². The molecule has 21 heteroatoms. The predicted octanol–water partition coefficient (Wildman–Crippen LogP) is 1.45. The molecule has 1 unspecified atom stereocenters. The summed E-state index contributed by atoms with van der Waals surface area (Å²) in [6.45, 7) is 4.50. The smallest absolute Gasteiger partial charge is 0.340 e. The number of aromatic nitrogens is 4. The number of halogens is 1. The first-order valence-electron chi connectivity index (χ1n) is 15.8. The van der Waals surface area contributed by atoms with Crippen molar-refractivity contribution in [3.05, 3.63) is 46.9 Å². The van der Waals surface area contributed by atoms with Crippen LogP contribution in [0.15, 0.2) is 30.5 Å². The van der Waals surface area contributed by atoms with Crippen LogP contribution in [0, 0.1) is 19.3 Å². The Bertz CT molecular complexity index is 1710. The summed E-state index contributed by atoms with van der Waals surface area (Å²) >= 11 is 6.51. The lowest BCUT2D eigenvalue weighted by atomic mass is 10.1. The van der Waals surface area contributed by atoms with Gasteiger partial charge in [0.15, 0.2) is 17.8 Å². The number of benzene rings is 1. The number of rotatable bonds is 22. The second-order valence-electron chi connectivity index (χ2n) is 11.3. The molecule has 282 valence electrons. The molecule has 0 bridgehead atoms. The zero-order valence-electron chi connectivity index (χ0n) is 27.8. The molecule has 0 amide bonds. The van der Waals surface area contributed by atoms with E-state index in [1.807, 2.05) is 23.1 Å². The van der Waals surface area contributed by atoms with Gasteiger partial charge in [0.2, 0.25) is 0 Å². The van der Waals surface area contributed by atoms with Gasteiger partial charge in [0.05, 0.1) is 64.4 Å². The maximum absolute atomic E-state index is 12.1. The van der Waals surface area contributed by atoms with E-state index in [1.54, 1.807) is 13.0 Å². The van der Waals surface area contributed by atoms with E-state index in [4.69, 9.17) is 61.0 Å². The number of hydrogen-bond acceptors (Lipinski definition) is 14. The van der Waals surface area contributed by atoms with E-state index in [0.29, 0.717) is 81.4 Å². The first kappa shape index (κ1) is 41.2. The standard InChI is InChI=1S/C30H42ClN5O13P2/c1-3-9-44-11-13-46-15-16-47-14-12-45-10-8-35(18-22-6-4-5-7-24(22)31)28-23-17-32-36(29(23)34-21(2)33-28)30-27(38)26(37)25(49-30)19-48-51(42,43)20-50(39,40)41/h1,4-7,17,25-27,30,37-38H,8-16,18-20H2,2H3,(H,42,43)(H2,39,40,41)/t25-,26-,27-,30-/m1/s1. The van der Waals surface area contributed by atoms with Crippen LogP contribution >= 0.6 is 26.8 Å². The van der Waals surface area contributed by atoms with E-state index in [1.165, 1.54) is 10.9 Å². The first-order chi connectivity index (χ1) is 24.3. The molecule has 1 fully saturated rings. The summed E-state index contributed by atoms with van der Waals surface area (Å²) in [6.07, 6.45) is 0.785. The molecule has 0 radical (unpaired) electrons. The minimum absolute atomic E-state index is 0.244. The summed E-state index contributed by atoms with van der Waals surface area (Å²) in [5, 5.41) is 26.9. The largest absolute Gasteiger partial charge is 0.387 e. The molecule has 5 atom stereocenters. The van der Waals surface area contributed by atoms with Crippen molar-refractivity contribution in [1.29, 1.82) is 0 Å². The highest BCUT2D eigenvalue weighted by molar-refractivity contribution is 7.70. The predicted molar refractivity (Wildman–Crippen MR) is 183 cm³/mol. The number of nitrogens with zero attached hydrogens (tertiary/aromatic N) is 5. The topological polar surface area (TPSA) is 238 Å². The third kappa shape index (κ3) is 12.5. The van der Waals surface area contributed by atoms with Gasteiger partial charge in [-0.15, -0.1) is 6.42 Å². The highest BCUT2D eigenvalue weighted by Crippen LogP contribution is 2.55. The third-order valence-electron chi connectivity index (χ3n) is 7.35. The molecular weight excluding hydrogens is 736 g/mol. The number of aliphatic hydroxyl groups excluding tert-OH is 2. The molecule has 1 aromatic carbocycles. The Balaban J connectivity index is 1.43. The van der Waals surface area contributed by atoms with E-state index >= 15 is 0 Å². The number of aryl methyl sites for hydroxylation is 1. The number of aliphatic hydroxyl groups is 2. The Kier molecular flexibility index (Phi) is 15.8. The van der Waals surface area contributed by atoms with Gasteiger partial charge in [-0.2, -0.15) is 5.10 Å². The molecule has 5 N–H and O–H groups in total. The summed E-state index contributed by atoms with van der Waals surface area (Å²) in [5.74, 6) is 1.81. The zero-order chi connectivity index (χ0) is 37.0. The van der Waals surface area contributed by atoms with Gasteiger partial charge >= 0.3 is 15.2 Å². The van der Waals surface area contributed by atoms with Crippen molar-refractivity contribution in [2.45, 2.75) is 38.0 Å². The molecule has 2 aromatic heterocycles. The Morgan fingerprint density at radius 1 is 0.980 bits per heavy atom. The molecule has 1 saturated heterocycles. The number of hydrogen-bond donors (Lipinski definition) is 5. The summed E-state index contributed by atoms with van der Waals surface area (Å²) in [7, 11) is -9.61. The molecule has 1 aliphatic rings. The molecular formula is C30H42ClN5O13P2. The van der Waals surface area contributed by atoms with Gasteiger partial charge in [-0.25, -0.2) is 14.6 Å². The quantitative estimate of drug-likeness (QED) is 0.0551. The minimum atomic E-state index is -4.87. The molecule has 0 saturated carbocycles. The van der Waals surface area contributed by atoms with E-state index in [2.05, 4.69) is 16.0 Å². The van der Waals surface area contributed by atoms with Gasteiger partial charge in [0.25, 0.3) is 0 Å². The summed E-state index contributed by atoms with van der Waals surface area (Å²) < 4.78 is 57.1. The number of ether oxygens (including phenoxy) is 5. The van der Waals surface area contributed by atoms with Crippen LogP contribution in [0.4, 0.5) is 5.82 Å². The Morgan fingerprint density at radius 3 is 2.27 bits per heavy atom. The second-order valence-corrected chi connectivity index (χ2v) is 15.7. The van der Waals surface area contributed by atoms with Crippen LogP contribution in [-0.4, -0.2) is 135 Å². The van der Waals surface area contributed by atoms with Crippen molar-refractivity contribution in [3.8, 4) is 12.3 Å². The van der Waals surface area contributed by atoms with Crippen molar-refractivity contribution in [2.75, 3.05) is 76.8 Å². The fourth-order valence-electron chi connectivity index (χ4n) is 5.03. The van der Waals surface area contributed by atoms with E-state index in [0.717, 1.165) is 5.56 Å². The van der Waals surface area contributed by atoms with Crippen molar-refractivity contribution < 1.29 is 62.2 Å². The van der Waals surface area contributed by atoms with Gasteiger partial charge in [0, 0.05) is 18.1 Å². The van der Waals surface area contributed by atoms with Gasteiger partial charge in [-0.05, 0) is 18.6 Å². The normalized spacial score (nSPS) is 20.4. The monoisotopic (exact) mass is 777 g/mol. The lowest BCUT2D eigenvalue weighted by Crippen LogP contribution is -2.34. The van der Waals surface area contributed by atoms with Crippen LogP contribution in [0.5, 0.6) is 0 Å². The van der Waals surface area contributed by atoms with Gasteiger partial charge in [0.1, 0.15) is 36.6 Å². The summed E-state index contributed by atoms with van der Waals surface area (Å²) in [6, 6.07) is 7.36. The van der Waals surface area contributed by atoms with Crippen LogP contribution < -0.4 is 4.90 Å². The van der Waals surface area contributed by atoms with Gasteiger partial charge < -0.3 is 58.0 Å². The molecule has 0 aliphatic carbocycles. The lowest BCUT2D eigenvalue weighted by Gasteiger charge is -2.25. The average molecular weight is 778 g/mol. The van der Waals surface area contributed by atoms with Gasteiger partial charge in [-0.3, -0.25) is 9.13 Å². The minimum Gasteiger partial charge on any atom is -0.387 e. The van der Waals surface area contributed by atoms with Crippen LogP contribution in [-0.2, 0) is 43.9 Å². The maximum atomic E-state index is 12.1. The van der Waals surface area contributed by atoms with Crippen LogP contribution in [0.2, 0.25) is 5.02 Å². The van der Waals surface area contributed by atoms with Crippen molar-refractivity contribution in [1.82, 2.24) is 19.7 Å². The van der Waals surface area contributed by atoms with E-state index in [9.17, 15) is 24.2 Å². The second kappa shape index (κ2) is 19.5. The number of fused-ring (bicyclic) bond motifs is 1. The SMILES string of the molecule is C#CCOCCOCCOCCOCCN(Cc1ccccc1Cl)c1nc(C)nc2c1cnn2[C@@H]1O[C@H](COP(=O)(O)CP(=O)(O)O)[C@@H](O)[C@H]1O. The van der Waals surface area contributed by atoms with Gasteiger partial charge in [-0.1, -0.05) is 35.7 Å². The molecule has 18 nitrogen and oxygen atoms in total. The first-order valence-corrected chi connectivity index (χ1v) is 19.7. The molecule has 51 heavy (non-hydrogen) atoms. The van der Waals surface area contributed by atoms with Crippen molar-refractivity contribution >= 4 is 43.6 Å². The van der Waals surface area contributed by atoms with E-state index in [-0.39, 0.29) is 12.3 Å². The number of terminal acetylenes is 1.